The Morgan fingerprint density at radius 2 is 2.00 bits per heavy atom. The molecule has 5 heteroatoms. The molecule has 0 saturated carbocycles. The van der Waals surface area contributed by atoms with Gasteiger partial charge in [0.25, 0.3) is 5.91 Å². The van der Waals surface area contributed by atoms with E-state index >= 15 is 0 Å². The minimum absolute atomic E-state index is 0.212. The lowest BCUT2D eigenvalue weighted by atomic mass is 10.2. The summed E-state index contributed by atoms with van der Waals surface area (Å²) in [4.78, 5) is 28.6. The third-order valence-corrected chi connectivity index (χ3v) is 3.09. The maximum atomic E-state index is 11.8. The molecule has 0 saturated heterocycles. The van der Waals surface area contributed by atoms with Crippen LogP contribution in [0.25, 0.3) is 6.08 Å². The highest BCUT2D eigenvalue weighted by atomic mass is 32.2. The minimum Gasteiger partial charge on any atom is -0.274 e. The third kappa shape index (κ3) is 2.36. The normalized spacial score (nSPS) is 17.2. The van der Waals surface area contributed by atoms with E-state index in [0.29, 0.717) is 10.9 Å². The molecule has 92 valence electrons. The van der Waals surface area contributed by atoms with Crippen LogP contribution in [0.15, 0.2) is 41.0 Å². The van der Waals surface area contributed by atoms with Gasteiger partial charge in [0.1, 0.15) is 5.70 Å². The van der Waals surface area contributed by atoms with Crippen molar-refractivity contribution in [3.8, 4) is 0 Å². The Labute approximate surface area is 109 Å². The summed E-state index contributed by atoms with van der Waals surface area (Å²) in [6.45, 7) is 1.42. The molecule has 2 rings (SSSR count). The molecule has 0 radical (unpaired) electrons. The standard InChI is InChI=1S/C13H12N2O2S/c1-9(16)15-11(12(17)14-13(15)18-2)8-10-6-4-3-5-7-10/h3-8H,1-2H3/b11-8+. The number of aliphatic imine (C=N–C) groups is 1. The zero-order valence-corrected chi connectivity index (χ0v) is 10.9. The first-order valence-electron chi connectivity index (χ1n) is 5.38. The number of hydrogen-bond donors (Lipinski definition) is 0. The predicted octanol–water partition coefficient (Wildman–Crippen LogP) is 2.14. The van der Waals surface area contributed by atoms with Crippen molar-refractivity contribution >= 4 is 34.8 Å². The van der Waals surface area contributed by atoms with Crippen molar-refractivity contribution in [1.29, 1.82) is 0 Å². The molecule has 0 bridgehead atoms. The Hall–Kier alpha value is -1.88. The maximum Gasteiger partial charge on any atom is 0.296 e. The number of benzene rings is 1. The van der Waals surface area contributed by atoms with Gasteiger partial charge in [-0.15, -0.1) is 0 Å². The molecular formula is C13H12N2O2S. The summed E-state index contributed by atoms with van der Waals surface area (Å²) in [5.41, 5.74) is 1.17. The van der Waals surface area contributed by atoms with Crippen LogP contribution in [0.5, 0.6) is 0 Å². The summed E-state index contributed by atoms with van der Waals surface area (Å²) < 4.78 is 0. The Bertz CT molecular complexity index is 549. The Kier molecular flexibility index (Phi) is 3.62. The van der Waals surface area contributed by atoms with E-state index in [1.165, 1.54) is 23.6 Å². The average Bonchev–Trinajstić information content (AvgIpc) is 2.67. The fourth-order valence-corrected chi connectivity index (χ4v) is 2.25. The van der Waals surface area contributed by atoms with Crippen molar-refractivity contribution in [2.24, 2.45) is 4.99 Å². The first-order chi connectivity index (χ1) is 8.63. The zero-order chi connectivity index (χ0) is 13.1. The van der Waals surface area contributed by atoms with Crippen LogP contribution >= 0.6 is 11.8 Å². The molecule has 18 heavy (non-hydrogen) atoms. The second kappa shape index (κ2) is 5.18. The van der Waals surface area contributed by atoms with Gasteiger partial charge in [0.05, 0.1) is 0 Å². The van der Waals surface area contributed by atoms with Gasteiger partial charge in [-0.2, -0.15) is 4.99 Å². The molecule has 0 atom stereocenters. The number of carbonyl (C=O) groups excluding carboxylic acids is 2. The molecule has 1 aliphatic rings. The molecule has 0 aromatic heterocycles. The summed E-state index contributed by atoms with van der Waals surface area (Å²) in [6.07, 6.45) is 3.46. The Balaban J connectivity index is 2.42. The molecule has 0 fully saturated rings. The molecule has 0 unspecified atom stereocenters. The van der Waals surface area contributed by atoms with E-state index in [2.05, 4.69) is 4.99 Å². The van der Waals surface area contributed by atoms with Gasteiger partial charge in [-0.25, -0.2) is 0 Å². The van der Waals surface area contributed by atoms with E-state index in [-0.39, 0.29) is 11.8 Å². The summed E-state index contributed by atoms with van der Waals surface area (Å²) in [5, 5.41) is 0.426. The summed E-state index contributed by atoms with van der Waals surface area (Å²) in [6, 6.07) is 9.39. The van der Waals surface area contributed by atoms with E-state index in [1.807, 2.05) is 30.3 Å². The van der Waals surface area contributed by atoms with Gasteiger partial charge in [-0.3, -0.25) is 14.5 Å². The van der Waals surface area contributed by atoms with Crippen LogP contribution in [0, 0.1) is 0 Å². The largest absolute Gasteiger partial charge is 0.296 e. The molecule has 4 nitrogen and oxygen atoms in total. The molecule has 0 N–H and O–H groups in total. The maximum absolute atomic E-state index is 11.8. The van der Waals surface area contributed by atoms with Crippen LogP contribution in [-0.4, -0.2) is 28.1 Å². The number of nitrogens with zero attached hydrogens (tertiary/aromatic N) is 2. The smallest absolute Gasteiger partial charge is 0.274 e. The monoisotopic (exact) mass is 260 g/mol. The Morgan fingerprint density at radius 1 is 1.33 bits per heavy atom. The van der Waals surface area contributed by atoms with E-state index in [9.17, 15) is 9.59 Å². The van der Waals surface area contributed by atoms with Gasteiger partial charge in [0.15, 0.2) is 5.17 Å². The summed E-state index contributed by atoms with van der Waals surface area (Å²) >= 11 is 1.28. The van der Waals surface area contributed by atoms with Gasteiger partial charge in [-0.05, 0) is 17.9 Å². The van der Waals surface area contributed by atoms with E-state index in [1.54, 1.807) is 12.3 Å². The van der Waals surface area contributed by atoms with Crippen LogP contribution in [-0.2, 0) is 9.59 Å². The first kappa shape index (κ1) is 12.6. The third-order valence-electron chi connectivity index (χ3n) is 2.45. The first-order valence-corrected chi connectivity index (χ1v) is 6.60. The number of rotatable bonds is 1. The molecule has 1 heterocycles. The molecule has 2 amide bonds. The lowest BCUT2D eigenvalue weighted by Crippen LogP contribution is -2.29. The lowest BCUT2D eigenvalue weighted by Gasteiger charge is -2.15. The van der Waals surface area contributed by atoms with Gasteiger partial charge >= 0.3 is 0 Å². The lowest BCUT2D eigenvalue weighted by molar-refractivity contribution is -0.125. The van der Waals surface area contributed by atoms with E-state index in [0.717, 1.165) is 5.56 Å². The summed E-state index contributed by atoms with van der Waals surface area (Å²) in [5.74, 6) is -0.588. The number of amidine groups is 1. The van der Waals surface area contributed by atoms with Crippen LogP contribution in [0.3, 0.4) is 0 Å². The van der Waals surface area contributed by atoms with Gasteiger partial charge in [0, 0.05) is 6.92 Å². The molecule has 1 aromatic carbocycles. The predicted molar refractivity (Wildman–Crippen MR) is 72.9 cm³/mol. The highest BCUT2D eigenvalue weighted by Gasteiger charge is 2.31. The number of hydrogen-bond acceptors (Lipinski definition) is 3. The quantitative estimate of drug-likeness (QED) is 0.727. The SMILES string of the molecule is CSC1=NC(=O)/C(=C\c2ccccc2)N1C(C)=O. The fourth-order valence-electron chi connectivity index (χ4n) is 1.67. The van der Waals surface area contributed by atoms with Gasteiger partial charge in [0.2, 0.25) is 5.91 Å². The van der Waals surface area contributed by atoms with E-state index < -0.39 is 0 Å². The van der Waals surface area contributed by atoms with Crippen LogP contribution in [0.1, 0.15) is 12.5 Å². The van der Waals surface area contributed by atoms with Crippen LogP contribution < -0.4 is 0 Å². The highest BCUT2D eigenvalue weighted by Crippen LogP contribution is 2.23. The van der Waals surface area contributed by atoms with Gasteiger partial charge in [-0.1, -0.05) is 42.1 Å². The van der Waals surface area contributed by atoms with Crippen LogP contribution in [0.2, 0.25) is 0 Å². The van der Waals surface area contributed by atoms with E-state index in [4.69, 9.17) is 0 Å². The second-order valence-electron chi connectivity index (χ2n) is 3.70. The Morgan fingerprint density at radius 3 is 2.56 bits per heavy atom. The van der Waals surface area contributed by atoms with Crippen molar-refractivity contribution in [2.75, 3.05) is 6.26 Å². The minimum atomic E-state index is -0.376. The summed E-state index contributed by atoms with van der Waals surface area (Å²) in [7, 11) is 0. The topological polar surface area (TPSA) is 49.7 Å². The molecule has 1 aromatic rings. The number of amides is 2. The van der Waals surface area contributed by atoms with Crippen molar-refractivity contribution in [3.05, 3.63) is 41.6 Å². The van der Waals surface area contributed by atoms with Gasteiger partial charge < -0.3 is 0 Å². The molecule has 1 aliphatic heterocycles. The van der Waals surface area contributed by atoms with Crippen molar-refractivity contribution in [3.63, 3.8) is 0 Å². The molecule has 0 spiro atoms. The number of carbonyl (C=O) groups is 2. The van der Waals surface area contributed by atoms with Crippen molar-refractivity contribution in [1.82, 2.24) is 4.90 Å². The fraction of sp³-hybridized carbons (Fsp3) is 0.154. The average molecular weight is 260 g/mol. The van der Waals surface area contributed by atoms with Crippen molar-refractivity contribution in [2.45, 2.75) is 6.92 Å². The molecule has 0 aliphatic carbocycles. The number of thioether (sulfide) groups is 1. The highest BCUT2D eigenvalue weighted by molar-refractivity contribution is 8.13. The zero-order valence-electron chi connectivity index (χ0n) is 10.1. The van der Waals surface area contributed by atoms with Crippen LogP contribution in [0.4, 0.5) is 0 Å². The van der Waals surface area contributed by atoms with Crippen molar-refractivity contribution < 1.29 is 9.59 Å². The molecular weight excluding hydrogens is 248 g/mol. The second-order valence-corrected chi connectivity index (χ2v) is 4.47.